The zero-order chi connectivity index (χ0) is 10.1. The minimum Gasteiger partial charge on any atom is -0.480 e. The lowest BCUT2D eigenvalue weighted by atomic mass is 10.3. The fraction of sp³-hybridized carbons (Fsp3) is 0.250. The molecule has 6 heteroatoms. The van der Waals surface area contributed by atoms with E-state index in [1.54, 1.807) is 13.1 Å². The molecule has 0 aliphatic heterocycles. The molecule has 0 saturated carbocycles. The minimum atomic E-state index is -0.914. The molecule has 1 unspecified atom stereocenters. The normalized spacial score (nSPS) is 12.9. The van der Waals surface area contributed by atoms with Crippen molar-refractivity contribution in [2.75, 3.05) is 0 Å². The molecule has 72 valence electrons. The number of aromatic nitrogens is 4. The molecule has 0 aromatic carbocycles. The summed E-state index contributed by atoms with van der Waals surface area (Å²) < 4.78 is 1.50. The van der Waals surface area contributed by atoms with Crippen LogP contribution in [0.15, 0.2) is 18.9 Å². The summed E-state index contributed by atoms with van der Waals surface area (Å²) in [5, 5.41) is 8.82. The molecule has 2 aromatic rings. The Labute approximate surface area is 79.2 Å². The average molecular weight is 192 g/mol. The lowest BCUT2D eigenvalue weighted by molar-refractivity contribution is -0.140. The Morgan fingerprint density at radius 3 is 3.07 bits per heavy atom. The Bertz CT molecular complexity index is 479. The van der Waals surface area contributed by atoms with Crippen molar-refractivity contribution in [2.45, 2.75) is 13.0 Å². The van der Waals surface area contributed by atoms with Crippen molar-refractivity contribution < 1.29 is 9.90 Å². The molecule has 2 rings (SSSR count). The molecular formula is C8H8N4O2. The SMILES string of the molecule is CC(C(=O)O)n1cnc2cncnc21. The Hall–Kier alpha value is -1.98. The predicted octanol–water partition coefficient (Wildman–Crippen LogP) is 0.472. The van der Waals surface area contributed by atoms with Gasteiger partial charge in [0.25, 0.3) is 0 Å². The molecule has 1 atom stereocenters. The second kappa shape index (κ2) is 3.06. The van der Waals surface area contributed by atoms with Crippen LogP contribution in [0.3, 0.4) is 0 Å². The van der Waals surface area contributed by atoms with Gasteiger partial charge < -0.3 is 9.67 Å². The lowest BCUT2D eigenvalue weighted by Crippen LogP contribution is -2.14. The van der Waals surface area contributed by atoms with Gasteiger partial charge in [-0.05, 0) is 6.92 Å². The van der Waals surface area contributed by atoms with Crippen molar-refractivity contribution in [1.82, 2.24) is 19.5 Å². The quantitative estimate of drug-likeness (QED) is 0.748. The van der Waals surface area contributed by atoms with Gasteiger partial charge in [-0.1, -0.05) is 0 Å². The molecule has 0 fully saturated rings. The van der Waals surface area contributed by atoms with Gasteiger partial charge in [-0.2, -0.15) is 0 Å². The Kier molecular flexibility index (Phi) is 1.88. The standard InChI is InChI=1S/C8H8N4O2/c1-5(8(13)14)12-4-11-6-2-9-3-10-7(6)12/h2-5H,1H3,(H,13,14). The first-order valence-corrected chi connectivity index (χ1v) is 4.05. The highest BCUT2D eigenvalue weighted by Crippen LogP contribution is 2.13. The van der Waals surface area contributed by atoms with Gasteiger partial charge in [0, 0.05) is 0 Å². The number of imidazole rings is 1. The molecular weight excluding hydrogens is 184 g/mol. The van der Waals surface area contributed by atoms with Crippen LogP contribution in [0.5, 0.6) is 0 Å². The van der Waals surface area contributed by atoms with Gasteiger partial charge >= 0.3 is 5.97 Å². The molecule has 0 spiro atoms. The number of rotatable bonds is 2. The molecule has 0 aliphatic carbocycles. The van der Waals surface area contributed by atoms with E-state index in [9.17, 15) is 4.79 Å². The summed E-state index contributed by atoms with van der Waals surface area (Å²) in [6, 6.07) is -0.671. The summed E-state index contributed by atoms with van der Waals surface area (Å²) in [6.07, 6.45) is 4.38. The van der Waals surface area contributed by atoms with Crippen LogP contribution in [0, 0.1) is 0 Å². The van der Waals surface area contributed by atoms with Gasteiger partial charge in [0.05, 0.1) is 12.5 Å². The van der Waals surface area contributed by atoms with E-state index in [1.165, 1.54) is 17.2 Å². The van der Waals surface area contributed by atoms with Crippen molar-refractivity contribution in [3.05, 3.63) is 18.9 Å². The third-order valence-electron chi connectivity index (χ3n) is 2.01. The number of carbonyl (C=O) groups is 1. The summed E-state index contributed by atoms with van der Waals surface area (Å²) in [4.78, 5) is 22.5. The van der Waals surface area contributed by atoms with Crippen molar-refractivity contribution in [3.8, 4) is 0 Å². The maximum Gasteiger partial charge on any atom is 0.326 e. The smallest absolute Gasteiger partial charge is 0.326 e. The van der Waals surface area contributed by atoms with Gasteiger partial charge in [-0.3, -0.25) is 0 Å². The number of aliphatic carboxylic acids is 1. The van der Waals surface area contributed by atoms with Gasteiger partial charge in [-0.15, -0.1) is 0 Å². The van der Waals surface area contributed by atoms with E-state index in [4.69, 9.17) is 5.11 Å². The Balaban J connectivity index is 2.58. The monoisotopic (exact) mass is 192 g/mol. The van der Waals surface area contributed by atoms with Gasteiger partial charge in [0.2, 0.25) is 0 Å². The van der Waals surface area contributed by atoms with Gasteiger partial charge in [0.1, 0.15) is 17.9 Å². The number of nitrogens with zero attached hydrogens (tertiary/aromatic N) is 4. The number of carboxylic acid groups (broad SMARTS) is 1. The summed E-state index contributed by atoms with van der Waals surface area (Å²) in [7, 11) is 0. The van der Waals surface area contributed by atoms with E-state index in [0.29, 0.717) is 11.2 Å². The molecule has 1 N–H and O–H groups in total. The summed E-state index contributed by atoms with van der Waals surface area (Å²) in [5.41, 5.74) is 1.13. The molecule has 0 saturated heterocycles. The van der Waals surface area contributed by atoms with E-state index >= 15 is 0 Å². The lowest BCUT2D eigenvalue weighted by Gasteiger charge is -2.07. The predicted molar refractivity (Wildman–Crippen MR) is 47.7 cm³/mol. The first kappa shape index (κ1) is 8.61. The molecule has 14 heavy (non-hydrogen) atoms. The molecule has 6 nitrogen and oxygen atoms in total. The van der Waals surface area contributed by atoms with E-state index in [1.807, 2.05) is 0 Å². The zero-order valence-electron chi connectivity index (χ0n) is 7.45. The van der Waals surface area contributed by atoms with Crippen LogP contribution in [0.4, 0.5) is 0 Å². The van der Waals surface area contributed by atoms with Gasteiger partial charge in [0.15, 0.2) is 5.65 Å². The van der Waals surface area contributed by atoms with Crippen LogP contribution >= 0.6 is 0 Å². The number of hydrogen-bond donors (Lipinski definition) is 1. The van der Waals surface area contributed by atoms with Crippen LogP contribution in [0.1, 0.15) is 13.0 Å². The zero-order valence-corrected chi connectivity index (χ0v) is 7.45. The third kappa shape index (κ3) is 1.20. The first-order chi connectivity index (χ1) is 6.70. The van der Waals surface area contributed by atoms with Crippen molar-refractivity contribution in [3.63, 3.8) is 0 Å². The fourth-order valence-electron chi connectivity index (χ4n) is 1.19. The van der Waals surface area contributed by atoms with Crippen molar-refractivity contribution >= 4 is 17.1 Å². The van der Waals surface area contributed by atoms with Gasteiger partial charge in [-0.25, -0.2) is 19.7 Å². The third-order valence-corrected chi connectivity index (χ3v) is 2.01. The summed E-state index contributed by atoms with van der Waals surface area (Å²) in [6.45, 7) is 1.57. The molecule has 2 heterocycles. The van der Waals surface area contributed by atoms with E-state index in [-0.39, 0.29) is 0 Å². The van der Waals surface area contributed by atoms with E-state index in [0.717, 1.165) is 0 Å². The van der Waals surface area contributed by atoms with E-state index < -0.39 is 12.0 Å². The minimum absolute atomic E-state index is 0.537. The second-order valence-electron chi connectivity index (χ2n) is 2.90. The van der Waals surface area contributed by atoms with Crippen molar-refractivity contribution in [1.29, 1.82) is 0 Å². The maximum absolute atomic E-state index is 10.7. The van der Waals surface area contributed by atoms with Crippen LogP contribution < -0.4 is 0 Å². The van der Waals surface area contributed by atoms with E-state index in [2.05, 4.69) is 15.0 Å². The summed E-state index contributed by atoms with van der Waals surface area (Å²) >= 11 is 0. The van der Waals surface area contributed by atoms with Crippen LogP contribution in [-0.2, 0) is 4.79 Å². The highest BCUT2D eigenvalue weighted by Gasteiger charge is 2.16. The van der Waals surface area contributed by atoms with Crippen LogP contribution in [0.2, 0.25) is 0 Å². The first-order valence-electron chi connectivity index (χ1n) is 4.05. The van der Waals surface area contributed by atoms with Crippen LogP contribution in [-0.4, -0.2) is 30.6 Å². The average Bonchev–Trinajstić information content (AvgIpc) is 2.60. The van der Waals surface area contributed by atoms with Crippen LogP contribution in [0.25, 0.3) is 11.2 Å². The largest absolute Gasteiger partial charge is 0.480 e. The molecule has 0 amide bonds. The molecule has 0 aliphatic rings. The topological polar surface area (TPSA) is 80.9 Å². The molecule has 0 radical (unpaired) electrons. The number of hydrogen-bond acceptors (Lipinski definition) is 4. The maximum atomic E-state index is 10.7. The number of fused-ring (bicyclic) bond motifs is 1. The molecule has 2 aromatic heterocycles. The fourth-order valence-corrected chi connectivity index (χ4v) is 1.19. The Morgan fingerprint density at radius 1 is 1.57 bits per heavy atom. The number of carboxylic acids is 1. The Morgan fingerprint density at radius 2 is 2.36 bits per heavy atom. The second-order valence-corrected chi connectivity index (χ2v) is 2.90. The molecule has 0 bridgehead atoms. The highest BCUT2D eigenvalue weighted by molar-refractivity contribution is 5.76. The summed E-state index contributed by atoms with van der Waals surface area (Å²) in [5.74, 6) is -0.914. The van der Waals surface area contributed by atoms with Crippen molar-refractivity contribution in [2.24, 2.45) is 0 Å². The highest BCUT2D eigenvalue weighted by atomic mass is 16.4.